The fourth-order valence-corrected chi connectivity index (χ4v) is 3.73. The molecule has 4 amide bonds. The van der Waals surface area contributed by atoms with E-state index >= 15 is 0 Å². The van der Waals surface area contributed by atoms with Gasteiger partial charge in [-0.3, -0.25) is 20.4 Å². The van der Waals surface area contributed by atoms with E-state index in [0.29, 0.717) is 19.8 Å². The van der Waals surface area contributed by atoms with Crippen LogP contribution in [0.3, 0.4) is 0 Å². The average Bonchev–Trinajstić information content (AvgIpc) is 3.29. The Morgan fingerprint density at radius 1 is 1.16 bits per heavy atom. The van der Waals surface area contributed by atoms with Gasteiger partial charge in [-0.2, -0.15) is 0 Å². The lowest BCUT2D eigenvalue weighted by molar-refractivity contribution is -0.121. The molecule has 0 atom stereocenters. The van der Waals surface area contributed by atoms with Gasteiger partial charge in [0.05, 0.1) is 13.2 Å². The van der Waals surface area contributed by atoms with Crippen LogP contribution in [0.2, 0.25) is 0 Å². The van der Waals surface area contributed by atoms with Crippen LogP contribution in [-0.2, 0) is 16.1 Å². The fourth-order valence-electron chi connectivity index (χ4n) is 2.87. The molecule has 1 aromatic heterocycles. The van der Waals surface area contributed by atoms with Crippen molar-refractivity contribution in [3.63, 3.8) is 0 Å². The van der Waals surface area contributed by atoms with E-state index in [9.17, 15) is 14.4 Å². The zero-order valence-electron chi connectivity index (χ0n) is 17.3. The molecule has 0 radical (unpaired) electrons. The number of hydrazine groups is 1. The predicted molar refractivity (Wildman–Crippen MR) is 117 cm³/mol. The summed E-state index contributed by atoms with van der Waals surface area (Å²) in [7, 11) is 1.68. The molecule has 0 saturated carbocycles. The molecular formula is C20H26N6O4S. The van der Waals surface area contributed by atoms with Gasteiger partial charge in [0.1, 0.15) is 5.69 Å². The highest BCUT2D eigenvalue weighted by molar-refractivity contribution is 7.13. The Labute approximate surface area is 184 Å². The summed E-state index contributed by atoms with van der Waals surface area (Å²) in [6, 6.07) is 9.33. The molecule has 11 heteroatoms. The smallest absolute Gasteiger partial charge is 0.317 e. The van der Waals surface area contributed by atoms with E-state index in [4.69, 9.17) is 4.74 Å². The van der Waals surface area contributed by atoms with Crippen LogP contribution >= 0.6 is 11.3 Å². The van der Waals surface area contributed by atoms with E-state index in [-0.39, 0.29) is 24.7 Å². The van der Waals surface area contributed by atoms with Crippen molar-refractivity contribution in [3.05, 3.63) is 47.0 Å². The molecule has 1 aliphatic rings. The second-order valence-corrected chi connectivity index (χ2v) is 7.78. The van der Waals surface area contributed by atoms with E-state index in [2.05, 4.69) is 26.1 Å². The molecule has 2 aromatic rings. The van der Waals surface area contributed by atoms with E-state index in [0.717, 1.165) is 23.8 Å². The average molecular weight is 447 g/mol. The van der Waals surface area contributed by atoms with Crippen LogP contribution in [0.1, 0.15) is 22.5 Å². The van der Waals surface area contributed by atoms with Crippen molar-refractivity contribution < 1.29 is 19.1 Å². The number of hydrogen-bond acceptors (Lipinski definition) is 7. The van der Waals surface area contributed by atoms with Crippen LogP contribution in [0.15, 0.2) is 35.7 Å². The highest BCUT2D eigenvalue weighted by atomic mass is 32.1. The first-order chi connectivity index (χ1) is 15.0. The van der Waals surface area contributed by atoms with Gasteiger partial charge in [0.2, 0.25) is 5.91 Å². The number of benzene rings is 1. The van der Waals surface area contributed by atoms with Gasteiger partial charge in [-0.15, -0.1) is 11.3 Å². The maximum atomic E-state index is 12.2. The molecule has 0 aliphatic carbocycles. The fraction of sp³-hybridized carbons (Fsp3) is 0.400. The normalized spacial score (nSPS) is 13.4. The third-order valence-electron chi connectivity index (χ3n) is 4.56. The Kier molecular flexibility index (Phi) is 8.19. The molecule has 2 heterocycles. The van der Waals surface area contributed by atoms with Crippen molar-refractivity contribution in [2.45, 2.75) is 13.0 Å². The number of urea groups is 1. The quantitative estimate of drug-likeness (QED) is 0.546. The maximum absolute atomic E-state index is 12.2. The molecular weight excluding hydrogens is 420 g/mol. The van der Waals surface area contributed by atoms with E-state index in [1.54, 1.807) is 12.4 Å². The number of carbonyl (C=O) groups is 3. The number of aromatic nitrogens is 1. The van der Waals surface area contributed by atoms with Gasteiger partial charge in [0.15, 0.2) is 5.13 Å². The van der Waals surface area contributed by atoms with Gasteiger partial charge < -0.3 is 19.9 Å². The summed E-state index contributed by atoms with van der Waals surface area (Å²) >= 11 is 1.37. The Bertz CT molecular complexity index is 885. The minimum atomic E-state index is -0.490. The summed E-state index contributed by atoms with van der Waals surface area (Å²) in [5.74, 6) is -0.904. The number of amides is 4. The van der Waals surface area contributed by atoms with Crippen LogP contribution < -0.4 is 21.1 Å². The van der Waals surface area contributed by atoms with Gasteiger partial charge in [-0.1, -0.05) is 30.3 Å². The van der Waals surface area contributed by atoms with Crippen molar-refractivity contribution in [3.8, 4) is 0 Å². The Morgan fingerprint density at radius 2 is 1.90 bits per heavy atom. The van der Waals surface area contributed by atoms with Crippen LogP contribution in [0.4, 0.5) is 9.93 Å². The molecule has 0 unspecified atom stereocenters. The molecule has 166 valence electrons. The Morgan fingerprint density at radius 3 is 2.65 bits per heavy atom. The van der Waals surface area contributed by atoms with Crippen molar-refractivity contribution in [2.24, 2.45) is 0 Å². The van der Waals surface area contributed by atoms with E-state index in [1.165, 1.54) is 16.2 Å². The van der Waals surface area contributed by atoms with Gasteiger partial charge in [-0.25, -0.2) is 9.78 Å². The number of hydrogen-bond donors (Lipinski definition) is 3. The van der Waals surface area contributed by atoms with Gasteiger partial charge in [0, 0.05) is 45.0 Å². The number of rotatable bonds is 7. The first-order valence-electron chi connectivity index (χ1n) is 9.93. The number of morpholine rings is 1. The van der Waals surface area contributed by atoms with Crippen LogP contribution in [-0.4, -0.2) is 67.6 Å². The molecule has 1 aliphatic heterocycles. The summed E-state index contributed by atoms with van der Waals surface area (Å²) in [4.78, 5) is 44.1. The van der Waals surface area contributed by atoms with Gasteiger partial charge >= 0.3 is 6.03 Å². The lowest BCUT2D eigenvalue weighted by atomic mass is 10.2. The molecule has 31 heavy (non-hydrogen) atoms. The van der Waals surface area contributed by atoms with Crippen molar-refractivity contribution >= 4 is 34.3 Å². The van der Waals surface area contributed by atoms with Crippen LogP contribution in [0.5, 0.6) is 0 Å². The summed E-state index contributed by atoms with van der Waals surface area (Å²) < 4.78 is 5.31. The highest BCUT2D eigenvalue weighted by Gasteiger charge is 2.18. The molecule has 1 aromatic carbocycles. The third kappa shape index (κ3) is 6.93. The van der Waals surface area contributed by atoms with Crippen LogP contribution in [0, 0.1) is 0 Å². The highest BCUT2D eigenvalue weighted by Crippen LogP contribution is 2.21. The first kappa shape index (κ1) is 22.5. The minimum Gasteiger partial charge on any atom is -0.378 e. The number of nitrogens with zero attached hydrogens (tertiary/aromatic N) is 3. The molecule has 3 rings (SSSR count). The number of nitrogens with one attached hydrogen (secondary N) is 3. The summed E-state index contributed by atoms with van der Waals surface area (Å²) in [5.41, 5.74) is 5.94. The van der Waals surface area contributed by atoms with E-state index in [1.807, 2.05) is 30.3 Å². The zero-order chi connectivity index (χ0) is 22.1. The minimum absolute atomic E-state index is 0.0291. The zero-order valence-corrected chi connectivity index (χ0v) is 18.1. The van der Waals surface area contributed by atoms with Crippen molar-refractivity contribution in [1.82, 2.24) is 26.1 Å². The predicted octanol–water partition coefficient (Wildman–Crippen LogP) is 0.972. The molecule has 0 bridgehead atoms. The lowest BCUT2D eigenvalue weighted by Crippen LogP contribution is -2.44. The summed E-state index contributed by atoms with van der Waals surface area (Å²) in [5, 5.41) is 5.08. The third-order valence-corrected chi connectivity index (χ3v) is 5.46. The van der Waals surface area contributed by atoms with Crippen molar-refractivity contribution in [1.29, 1.82) is 0 Å². The second-order valence-electron chi connectivity index (χ2n) is 6.94. The molecule has 1 fully saturated rings. The topological polar surface area (TPSA) is 116 Å². The van der Waals surface area contributed by atoms with E-state index < -0.39 is 11.8 Å². The Balaban J connectivity index is 1.34. The molecule has 1 saturated heterocycles. The molecule has 0 spiro atoms. The monoisotopic (exact) mass is 446 g/mol. The molecule has 3 N–H and O–H groups in total. The summed E-state index contributed by atoms with van der Waals surface area (Å²) in [6.45, 7) is 3.35. The SMILES string of the molecule is CN(Cc1ccccc1)C(=O)NCCC(=O)NNC(=O)c1csc(N2CCOCC2)n1. The first-order valence-corrected chi connectivity index (χ1v) is 10.8. The number of carbonyl (C=O) groups excluding carboxylic acids is 3. The standard InChI is InChI=1S/C20H26N6O4S/c1-25(13-15-5-3-2-4-6-15)19(29)21-8-7-17(27)23-24-18(28)16-14-31-20(22-16)26-9-11-30-12-10-26/h2-6,14H,7-13H2,1H3,(H,21,29)(H,23,27)(H,24,28). The lowest BCUT2D eigenvalue weighted by Gasteiger charge is -2.25. The summed E-state index contributed by atoms with van der Waals surface area (Å²) in [6.07, 6.45) is 0.0291. The Hall–Kier alpha value is -3.18. The largest absolute Gasteiger partial charge is 0.378 e. The van der Waals surface area contributed by atoms with Crippen LogP contribution in [0.25, 0.3) is 0 Å². The van der Waals surface area contributed by atoms with Crippen molar-refractivity contribution in [2.75, 3.05) is 44.8 Å². The second kappa shape index (κ2) is 11.3. The number of ether oxygens (including phenoxy) is 1. The van der Waals surface area contributed by atoms with Gasteiger partial charge in [-0.05, 0) is 5.56 Å². The van der Waals surface area contributed by atoms with Gasteiger partial charge in [0.25, 0.3) is 5.91 Å². The molecule has 10 nitrogen and oxygen atoms in total. The number of anilines is 1. The maximum Gasteiger partial charge on any atom is 0.317 e. The number of thiazole rings is 1.